The number of nitrogens with two attached hydrogens (primary N) is 2. The molecule has 0 saturated carbocycles. The van der Waals surface area contributed by atoms with Crippen LogP contribution in [0.1, 0.15) is 40.2 Å². The Morgan fingerprint density at radius 2 is 0.870 bits per heavy atom. The first-order valence-electron chi connectivity index (χ1n) is 14.9. The molecule has 0 aliphatic carbocycles. The Morgan fingerprint density at radius 1 is 0.630 bits per heavy atom. The van der Waals surface area contributed by atoms with E-state index >= 15 is 0 Å². The third kappa shape index (κ3) is 12.5. The fraction of sp³-hybridized carbons (Fsp3) is 0.179. The van der Waals surface area contributed by atoms with Crippen molar-refractivity contribution < 1.29 is 15.3 Å². The normalized spacial score (nSPS) is 8.76. The number of halogens is 1. The van der Waals surface area contributed by atoms with Crippen LogP contribution in [0.3, 0.4) is 0 Å². The lowest BCUT2D eigenvalue weighted by molar-refractivity contribution is 0.480. The minimum atomic E-state index is 0. The Labute approximate surface area is 280 Å². The van der Waals surface area contributed by atoms with Gasteiger partial charge in [0.1, 0.15) is 17.2 Å². The fourth-order valence-electron chi connectivity index (χ4n) is 4.21. The number of phenolic OH excluding ortho intramolecular Hbond substituents is 3. The van der Waals surface area contributed by atoms with Crippen LogP contribution in [0.25, 0.3) is 43.1 Å². The van der Waals surface area contributed by atoms with Crippen molar-refractivity contribution in [3.63, 3.8) is 0 Å². The van der Waals surface area contributed by atoms with Gasteiger partial charge in [0.25, 0.3) is 0 Å². The summed E-state index contributed by atoms with van der Waals surface area (Å²) in [6.07, 6.45) is 0.750. The number of hydrogen-bond acceptors (Lipinski definition) is 5. The van der Waals surface area contributed by atoms with Crippen LogP contribution < -0.4 is 11.5 Å². The van der Waals surface area contributed by atoms with Gasteiger partial charge in [0.05, 0.1) is 6.34 Å². The van der Waals surface area contributed by atoms with Crippen LogP contribution in [-0.4, -0.2) is 28.2 Å². The molecule has 6 aromatic carbocycles. The zero-order valence-electron chi connectivity index (χ0n) is 27.8. The molecule has 0 heterocycles. The molecule has 0 unspecified atom stereocenters. The maximum atomic E-state index is 9.82. The molecule has 6 aromatic rings. The van der Waals surface area contributed by atoms with Gasteiger partial charge >= 0.3 is 0 Å². The molecule has 6 nitrogen and oxygen atoms in total. The molecular formula is C39H50ClN3O3. The van der Waals surface area contributed by atoms with Crippen LogP contribution >= 0.6 is 12.4 Å². The van der Waals surface area contributed by atoms with E-state index in [0.717, 1.165) is 45.2 Å². The number of benzene rings is 6. The largest absolute Gasteiger partial charge is 0.507 e. The highest BCUT2D eigenvalue weighted by molar-refractivity contribution is 6.03. The number of aromatic hydroxyl groups is 3. The van der Waals surface area contributed by atoms with E-state index in [1.807, 2.05) is 83.1 Å². The van der Waals surface area contributed by atoms with Crippen molar-refractivity contribution in [1.82, 2.24) is 0 Å². The molecule has 0 saturated heterocycles. The molecule has 0 bridgehead atoms. The second-order valence-electron chi connectivity index (χ2n) is 8.82. The Morgan fingerprint density at radius 3 is 1.17 bits per heavy atom. The van der Waals surface area contributed by atoms with Crippen molar-refractivity contribution in [2.45, 2.75) is 41.5 Å². The van der Waals surface area contributed by atoms with E-state index in [1.165, 1.54) is 16.3 Å². The van der Waals surface area contributed by atoms with Crippen LogP contribution in [0.4, 0.5) is 0 Å². The topological polar surface area (TPSA) is 137 Å². The molecule has 0 atom stereocenters. The minimum absolute atomic E-state index is 0. The van der Waals surface area contributed by atoms with E-state index < -0.39 is 0 Å². The highest BCUT2D eigenvalue weighted by Gasteiger charge is 2.05. The van der Waals surface area contributed by atoms with E-state index in [0.29, 0.717) is 5.75 Å². The zero-order chi connectivity index (χ0) is 34.4. The predicted molar refractivity (Wildman–Crippen MR) is 205 cm³/mol. The lowest BCUT2D eigenvalue weighted by Gasteiger charge is -2.06. The van der Waals surface area contributed by atoms with Gasteiger partial charge in [-0.05, 0) is 88.4 Å². The van der Waals surface area contributed by atoms with Gasteiger partial charge in [0, 0.05) is 16.2 Å². The second kappa shape index (κ2) is 24.3. The van der Waals surface area contributed by atoms with Crippen molar-refractivity contribution in [2.24, 2.45) is 11.5 Å². The first-order chi connectivity index (χ1) is 21.8. The molecule has 8 N–H and O–H groups in total. The van der Waals surface area contributed by atoms with E-state index in [9.17, 15) is 15.3 Å². The van der Waals surface area contributed by atoms with Gasteiger partial charge in [-0.15, -0.1) is 18.1 Å². The SMILES string of the molecule is C=C=C.CC.CC.CCN.Cc1cccc2cc3cccc(O)c3cc12.Cl.N=CN.Oc1cccc2cc3cccc(O)c3cc12. The van der Waals surface area contributed by atoms with Gasteiger partial charge in [-0.2, -0.15) is 0 Å². The van der Waals surface area contributed by atoms with Gasteiger partial charge in [-0.25, -0.2) is 0 Å². The Hall–Kier alpha value is -5.00. The van der Waals surface area contributed by atoms with Crippen molar-refractivity contribution in [2.75, 3.05) is 6.54 Å². The molecule has 246 valence electrons. The molecule has 0 radical (unpaired) electrons. The summed E-state index contributed by atoms with van der Waals surface area (Å²) >= 11 is 0. The van der Waals surface area contributed by atoms with Gasteiger partial charge < -0.3 is 26.8 Å². The predicted octanol–water partition coefficient (Wildman–Crippen LogP) is 10.4. The van der Waals surface area contributed by atoms with Gasteiger partial charge in [-0.3, -0.25) is 5.41 Å². The van der Waals surface area contributed by atoms with Crippen LogP contribution in [0.2, 0.25) is 0 Å². The lowest BCUT2D eigenvalue weighted by Crippen LogP contribution is -1.87. The molecular weight excluding hydrogens is 594 g/mol. The smallest absolute Gasteiger partial charge is 0.123 e. The zero-order valence-corrected chi connectivity index (χ0v) is 28.7. The lowest BCUT2D eigenvalue weighted by atomic mass is 10.00. The second-order valence-corrected chi connectivity index (χ2v) is 8.82. The molecule has 7 heteroatoms. The molecule has 0 aliphatic rings. The van der Waals surface area contributed by atoms with Crippen LogP contribution in [0.5, 0.6) is 17.2 Å². The summed E-state index contributed by atoms with van der Waals surface area (Å²) in [7, 11) is 0. The van der Waals surface area contributed by atoms with E-state index in [-0.39, 0.29) is 23.9 Å². The molecule has 0 fully saturated rings. The Balaban J connectivity index is 0. The summed E-state index contributed by atoms with van der Waals surface area (Å²) in [6, 6.07) is 30.7. The number of fused-ring (bicyclic) bond motifs is 4. The summed E-state index contributed by atoms with van der Waals surface area (Å²) in [5.41, 5.74) is 12.7. The number of hydrogen-bond donors (Lipinski definition) is 6. The highest BCUT2D eigenvalue weighted by Crippen LogP contribution is 2.33. The number of aryl methyl sites for hydroxylation is 1. The standard InChI is InChI=1S/C15H12O.C14H10O2.C3H4.C2H7N.2C2H6.CH4N2.ClH/c1-10-4-2-5-11-8-12-6-3-7-15(16)14(12)9-13(10)11;15-13-5-1-3-9-7-10-4-2-6-14(16)12(10)8-11(9)13;1-3-2;1-2-3;2*1-2;2-1-3;/h2-9,16H,1H3;1-8,15-16H;1-2H2;2-3H2,1H3;2*1-2H3;1H,(H3,2,3);1H. The summed E-state index contributed by atoms with van der Waals surface area (Å²) in [5, 5.41) is 43.1. The molecule has 0 aliphatic heterocycles. The average molecular weight is 644 g/mol. The van der Waals surface area contributed by atoms with Gasteiger partial charge in [-0.1, -0.05) is 102 Å². The quantitative estimate of drug-likeness (QED) is 0.0423. The van der Waals surface area contributed by atoms with E-state index in [1.54, 1.807) is 18.2 Å². The fourth-order valence-corrected chi connectivity index (χ4v) is 4.21. The third-order valence-corrected chi connectivity index (χ3v) is 5.91. The van der Waals surface area contributed by atoms with Gasteiger partial charge in [0.15, 0.2) is 0 Å². The molecule has 46 heavy (non-hydrogen) atoms. The maximum absolute atomic E-state index is 9.82. The third-order valence-electron chi connectivity index (χ3n) is 5.91. The summed E-state index contributed by atoms with van der Waals surface area (Å²) in [4.78, 5) is 0. The van der Waals surface area contributed by atoms with Crippen LogP contribution in [-0.2, 0) is 0 Å². The van der Waals surface area contributed by atoms with Crippen molar-refractivity contribution in [3.8, 4) is 17.2 Å². The highest BCUT2D eigenvalue weighted by atomic mass is 35.5. The number of rotatable bonds is 0. The first-order valence-corrected chi connectivity index (χ1v) is 14.9. The maximum Gasteiger partial charge on any atom is 0.123 e. The Bertz CT molecular complexity index is 1560. The number of phenols is 3. The molecule has 0 amide bonds. The number of nitrogens with one attached hydrogen (secondary N) is 1. The molecule has 6 rings (SSSR count). The van der Waals surface area contributed by atoms with Crippen LogP contribution in [0, 0.1) is 12.3 Å². The Kier molecular flexibility index (Phi) is 22.8. The van der Waals surface area contributed by atoms with Gasteiger partial charge in [0.2, 0.25) is 0 Å². The van der Waals surface area contributed by atoms with E-state index in [2.05, 4.69) is 61.9 Å². The van der Waals surface area contributed by atoms with Crippen molar-refractivity contribution in [1.29, 1.82) is 5.41 Å². The monoisotopic (exact) mass is 643 g/mol. The first kappa shape index (κ1) is 43.1. The van der Waals surface area contributed by atoms with Crippen molar-refractivity contribution >= 4 is 61.8 Å². The van der Waals surface area contributed by atoms with E-state index in [4.69, 9.17) is 11.1 Å². The summed E-state index contributed by atoms with van der Waals surface area (Å²) in [6.45, 7) is 19.0. The summed E-state index contributed by atoms with van der Waals surface area (Å²) < 4.78 is 0. The minimum Gasteiger partial charge on any atom is -0.507 e. The van der Waals surface area contributed by atoms with Crippen LogP contribution in [0.15, 0.2) is 116 Å². The van der Waals surface area contributed by atoms with Crippen molar-refractivity contribution in [3.05, 3.63) is 122 Å². The average Bonchev–Trinajstić information content (AvgIpc) is 3.04. The molecule has 0 spiro atoms. The molecule has 0 aromatic heterocycles. The summed E-state index contributed by atoms with van der Waals surface area (Å²) in [5.74, 6) is 0.827.